The fourth-order valence-electron chi connectivity index (χ4n) is 3.00. The number of aromatic nitrogens is 2. The lowest BCUT2D eigenvalue weighted by Crippen LogP contribution is -2.47. The largest absolute Gasteiger partial charge is 0.411 e. The van der Waals surface area contributed by atoms with Gasteiger partial charge in [-0.2, -0.15) is 0 Å². The second-order valence-corrected chi connectivity index (χ2v) is 6.19. The third-order valence-electron chi connectivity index (χ3n) is 4.45. The number of halogens is 2. The minimum atomic E-state index is -0.435. The molecule has 0 bridgehead atoms. The van der Waals surface area contributed by atoms with E-state index in [4.69, 9.17) is 0 Å². The molecule has 0 aliphatic carbocycles. The van der Waals surface area contributed by atoms with Crippen LogP contribution >= 0.6 is 0 Å². The van der Waals surface area contributed by atoms with Gasteiger partial charge in [0.1, 0.15) is 5.82 Å². The Kier molecular flexibility index (Phi) is 6.06. The molecule has 0 spiro atoms. The molecular formula is C18H21F2N5O. The van der Waals surface area contributed by atoms with Gasteiger partial charge in [0, 0.05) is 26.2 Å². The van der Waals surface area contributed by atoms with E-state index in [1.165, 1.54) is 24.5 Å². The van der Waals surface area contributed by atoms with Crippen LogP contribution in [0, 0.1) is 11.6 Å². The maximum atomic E-state index is 13.0. The highest BCUT2D eigenvalue weighted by Gasteiger charge is 2.18. The first-order valence-corrected chi connectivity index (χ1v) is 8.57. The van der Waals surface area contributed by atoms with Crippen molar-refractivity contribution in [3.05, 3.63) is 53.9 Å². The molecule has 1 aliphatic heterocycles. The fourth-order valence-corrected chi connectivity index (χ4v) is 3.00. The Morgan fingerprint density at radius 1 is 1.00 bits per heavy atom. The van der Waals surface area contributed by atoms with Crippen LogP contribution in [0.15, 0.2) is 41.8 Å². The van der Waals surface area contributed by atoms with Gasteiger partial charge in [0.05, 0.1) is 18.1 Å². The highest BCUT2D eigenvalue weighted by molar-refractivity contribution is 6.00. The average Bonchev–Trinajstić information content (AvgIpc) is 2.67. The Bertz CT molecular complexity index is 728. The average molecular weight is 361 g/mol. The third-order valence-corrected chi connectivity index (χ3v) is 4.45. The zero-order valence-corrected chi connectivity index (χ0v) is 14.4. The number of rotatable bonds is 6. The Morgan fingerprint density at radius 2 is 1.65 bits per heavy atom. The van der Waals surface area contributed by atoms with E-state index < -0.39 is 5.82 Å². The maximum Gasteiger partial charge on any atom is 0.225 e. The number of piperazine rings is 1. The first-order chi connectivity index (χ1) is 12.7. The van der Waals surface area contributed by atoms with Gasteiger partial charge in [0.25, 0.3) is 0 Å². The number of hydrogen-bond acceptors (Lipinski definition) is 6. The van der Waals surface area contributed by atoms with Crippen LogP contribution in [0.3, 0.4) is 0 Å². The van der Waals surface area contributed by atoms with Crippen molar-refractivity contribution in [1.29, 1.82) is 0 Å². The quantitative estimate of drug-likeness (QED) is 0.487. The molecule has 1 saturated heterocycles. The summed E-state index contributed by atoms with van der Waals surface area (Å²) in [5.74, 6) is -0.194. The summed E-state index contributed by atoms with van der Waals surface area (Å²) in [4.78, 5) is 12.4. The van der Waals surface area contributed by atoms with Gasteiger partial charge < -0.3 is 10.1 Å². The van der Waals surface area contributed by atoms with E-state index in [0.29, 0.717) is 18.1 Å². The first-order valence-electron chi connectivity index (χ1n) is 8.57. The van der Waals surface area contributed by atoms with Gasteiger partial charge >= 0.3 is 0 Å². The molecule has 0 radical (unpaired) electrons. The van der Waals surface area contributed by atoms with Gasteiger partial charge in [-0.1, -0.05) is 17.3 Å². The van der Waals surface area contributed by atoms with Crippen molar-refractivity contribution < 1.29 is 14.0 Å². The zero-order valence-electron chi connectivity index (χ0n) is 14.4. The molecule has 2 aromatic rings. The van der Waals surface area contributed by atoms with Crippen LogP contribution in [0.1, 0.15) is 18.4 Å². The van der Waals surface area contributed by atoms with Crippen molar-refractivity contribution in [3.63, 3.8) is 0 Å². The van der Waals surface area contributed by atoms with Crippen LogP contribution in [-0.4, -0.2) is 58.5 Å². The smallest absolute Gasteiger partial charge is 0.225 e. The molecule has 1 aromatic heterocycles. The van der Waals surface area contributed by atoms with Gasteiger partial charge in [0.2, 0.25) is 5.95 Å². The Labute approximate surface area is 150 Å². The molecule has 6 nitrogen and oxygen atoms in total. The molecule has 3 rings (SSSR count). The summed E-state index contributed by atoms with van der Waals surface area (Å²) in [6, 6.07) is 5.95. The van der Waals surface area contributed by atoms with Gasteiger partial charge in [-0.15, -0.1) is 0 Å². The lowest BCUT2D eigenvalue weighted by atomic mass is 10.1. The minimum Gasteiger partial charge on any atom is -0.411 e. The molecule has 0 saturated carbocycles. The molecule has 8 heteroatoms. The van der Waals surface area contributed by atoms with Crippen molar-refractivity contribution in [2.75, 3.05) is 37.6 Å². The van der Waals surface area contributed by atoms with E-state index in [1.54, 1.807) is 12.1 Å². The van der Waals surface area contributed by atoms with Crippen molar-refractivity contribution in [1.82, 2.24) is 14.9 Å². The van der Waals surface area contributed by atoms with Crippen LogP contribution in [0.25, 0.3) is 0 Å². The summed E-state index contributed by atoms with van der Waals surface area (Å²) >= 11 is 0. The van der Waals surface area contributed by atoms with Crippen LogP contribution in [-0.2, 0) is 0 Å². The Hall–Kier alpha value is -2.61. The molecule has 1 N–H and O–H groups in total. The molecule has 26 heavy (non-hydrogen) atoms. The molecule has 1 fully saturated rings. The van der Waals surface area contributed by atoms with Crippen LogP contribution in [0.5, 0.6) is 0 Å². The van der Waals surface area contributed by atoms with Gasteiger partial charge in [-0.25, -0.2) is 18.7 Å². The minimum absolute atomic E-state index is 0.311. The summed E-state index contributed by atoms with van der Waals surface area (Å²) < 4.78 is 25.9. The zero-order chi connectivity index (χ0) is 18.4. The molecule has 0 atom stereocenters. The number of anilines is 1. The topological polar surface area (TPSA) is 64.9 Å². The second-order valence-electron chi connectivity index (χ2n) is 6.19. The Morgan fingerprint density at radius 3 is 2.27 bits per heavy atom. The molecule has 1 aromatic carbocycles. The SMILES string of the molecule is O/N=C(/CCCN1CCN(c2ncc(F)cn2)CC1)c1ccc(F)cc1. The highest BCUT2D eigenvalue weighted by Crippen LogP contribution is 2.13. The third kappa shape index (κ3) is 4.72. The summed E-state index contributed by atoms with van der Waals surface area (Å²) in [6.45, 7) is 4.17. The molecule has 1 aliphatic rings. The van der Waals surface area contributed by atoms with E-state index >= 15 is 0 Å². The van der Waals surface area contributed by atoms with Crippen molar-refractivity contribution in [3.8, 4) is 0 Å². The van der Waals surface area contributed by atoms with Gasteiger partial charge in [0.15, 0.2) is 5.82 Å². The summed E-state index contributed by atoms with van der Waals surface area (Å²) in [5.41, 5.74) is 1.29. The Balaban J connectivity index is 1.43. The summed E-state index contributed by atoms with van der Waals surface area (Å²) in [5, 5.41) is 12.5. The van der Waals surface area contributed by atoms with E-state index in [2.05, 4.69) is 20.0 Å². The van der Waals surface area contributed by atoms with E-state index in [9.17, 15) is 14.0 Å². The van der Waals surface area contributed by atoms with E-state index in [-0.39, 0.29) is 5.82 Å². The van der Waals surface area contributed by atoms with Crippen LogP contribution in [0.4, 0.5) is 14.7 Å². The number of hydrogen-bond donors (Lipinski definition) is 1. The van der Waals surface area contributed by atoms with Gasteiger partial charge in [-0.3, -0.25) is 4.90 Å². The van der Waals surface area contributed by atoms with Crippen molar-refractivity contribution in [2.24, 2.45) is 5.16 Å². The first kappa shape index (κ1) is 18.2. The molecular weight excluding hydrogens is 340 g/mol. The number of oxime groups is 1. The van der Waals surface area contributed by atoms with E-state index in [0.717, 1.165) is 44.7 Å². The summed E-state index contributed by atoms with van der Waals surface area (Å²) in [6.07, 6.45) is 3.81. The lowest BCUT2D eigenvalue weighted by molar-refractivity contribution is 0.254. The maximum absolute atomic E-state index is 13.0. The van der Waals surface area contributed by atoms with Crippen LogP contribution < -0.4 is 4.90 Å². The summed E-state index contributed by atoms with van der Waals surface area (Å²) in [7, 11) is 0. The molecule has 0 unspecified atom stereocenters. The number of benzene rings is 1. The lowest BCUT2D eigenvalue weighted by Gasteiger charge is -2.34. The second kappa shape index (κ2) is 8.66. The van der Waals surface area contributed by atoms with Gasteiger partial charge in [-0.05, 0) is 37.1 Å². The highest BCUT2D eigenvalue weighted by atomic mass is 19.1. The predicted octanol–water partition coefficient (Wildman–Crippen LogP) is 2.54. The predicted molar refractivity (Wildman–Crippen MR) is 94.6 cm³/mol. The van der Waals surface area contributed by atoms with E-state index in [1.807, 2.05) is 4.90 Å². The normalized spacial score (nSPS) is 16.1. The molecule has 2 heterocycles. The van der Waals surface area contributed by atoms with Crippen molar-refractivity contribution in [2.45, 2.75) is 12.8 Å². The standard InChI is InChI=1S/C18H21F2N5O/c19-15-5-3-14(4-6-15)17(23-26)2-1-7-24-8-10-25(11-9-24)18-21-12-16(20)13-22-18/h3-6,12-13,26H,1-2,7-11H2/b23-17-. The van der Waals surface area contributed by atoms with Crippen LogP contribution in [0.2, 0.25) is 0 Å². The monoisotopic (exact) mass is 361 g/mol. The fraction of sp³-hybridized carbons (Fsp3) is 0.389. The molecule has 0 amide bonds. The van der Waals surface area contributed by atoms with Crippen molar-refractivity contribution >= 4 is 11.7 Å². The number of nitrogens with zero attached hydrogens (tertiary/aromatic N) is 5. The molecule has 138 valence electrons.